The van der Waals surface area contributed by atoms with Gasteiger partial charge in [0.15, 0.2) is 0 Å². The Morgan fingerprint density at radius 2 is 1.87 bits per heavy atom. The second-order valence-electron chi connectivity index (χ2n) is 7.02. The van der Waals surface area contributed by atoms with Gasteiger partial charge in [0.25, 0.3) is 5.91 Å². The van der Waals surface area contributed by atoms with Crippen molar-refractivity contribution in [1.29, 1.82) is 0 Å². The van der Waals surface area contributed by atoms with Crippen molar-refractivity contribution >= 4 is 40.5 Å². The van der Waals surface area contributed by atoms with E-state index in [0.717, 1.165) is 27.9 Å². The number of hydrogen-bond acceptors (Lipinski definition) is 4. The summed E-state index contributed by atoms with van der Waals surface area (Å²) in [4.78, 5) is 38.5. The maximum absolute atomic E-state index is 12.8. The minimum Gasteiger partial charge on any atom is -0.495 e. The van der Waals surface area contributed by atoms with E-state index < -0.39 is 24.4 Å². The number of hydrogen-bond donors (Lipinski definition) is 2. The number of aryl methyl sites for hydroxylation is 1. The quantitative estimate of drug-likeness (QED) is 0.475. The van der Waals surface area contributed by atoms with Crippen molar-refractivity contribution < 1.29 is 19.1 Å². The summed E-state index contributed by atoms with van der Waals surface area (Å²) in [6, 6.07) is 14.1. The molecule has 3 aromatic rings. The molecule has 0 bridgehead atoms. The van der Waals surface area contributed by atoms with E-state index in [1.54, 1.807) is 30.3 Å². The molecule has 1 saturated heterocycles. The molecule has 4 amide bonds. The summed E-state index contributed by atoms with van der Waals surface area (Å²) < 4.78 is 7.27. The highest BCUT2D eigenvalue weighted by molar-refractivity contribution is 6.16. The lowest BCUT2D eigenvalue weighted by atomic mass is 10.1. The van der Waals surface area contributed by atoms with Gasteiger partial charge < -0.3 is 19.9 Å². The predicted molar refractivity (Wildman–Crippen MR) is 117 cm³/mol. The largest absolute Gasteiger partial charge is 0.495 e. The summed E-state index contributed by atoms with van der Waals surface area (Å²) in [6.45, 7) is 2.41. The molecule has 0 aliphatic carbocycles. The third-order valence-electron chi connectivity index (χ3n) is 5.11. The average molecular weight is 418 g/mol. The summed E-state index contributed by atoms with van der Waals surface area (Å²) >= 11 is 0. The van der Waals surface area contributed by atoms with Gasteiger partial charge in [0.05, 0.1) is 12.8 Å². The van der Waals surface area contributed by atoms with Crippen molar-refractivity contribution in [3.63, 3.8) is 0 Å². The number of urea groups is 1. The third-order valence-corrected chi connectivity index (χ3v) is 5.11. The Hall–Kier alpha value is -4.07. The summed E-state index contributed by atoms with van der Waals surface area (Å²) in [5.74, 6) is -0.564. The van der Waals surface area contributed by atoms with E-state index >= 15 is 0 Å². The molecule has 0 spiro atoms. The summed E-state index contributed by atoms with van der Waals surface area (Å²) in [6.07, 6.45) is 3.58. The second-order valence-corrected chi connectivity index (χ2v) is 7.02. The second kappa shape index (κ2) is 8.35. The molecular weight excluding hydrogens is 396 g/mol. The van der Waals surface area contributed by atoms with Gasteiger partial charge in [0, 0.05) is 29.2 Å². The standard InChI is InChI=1S/C23H22N4O4/c1-3-26-13-15(16-8-4-6-10-19(16)26)12-18-22(29)27(23(30)25-18)14-21(28)24-17-9-5-7-11-20(17)31-2/h4-13H,3,14H2,1-2H3,(H,24,28)(H,25,30)/b18-12+. The lowest BCUT2D eigenvalue weighted by molar-refractivity contribution is -0.127. The molecule has 31 heavy (non-hydrogen) atoms. The number of aromatic nitrogens is 1. The zero-order valence-electron chi connectivity index (χ0n) is 17.2. The number of fused-ring (bicyclic) bond motifs is 1. The van der Waals surface area contributed by atoms with Gasteiger partial charge >= 0.3 is 6.03 Å². The first-order valence-corrected chi connectivity index (χ1v) is 9.87. The number of methoxy groups -OCH3 is 1. The lowest BCUT2D eigenvalue weighted by Crippen LogP contribution is -2.38. The highest BCUT2D eigenvalue weighted by Crippen LogP contribution is 2.25. The van der Waals surface area contributed by atoms with Gasteiger partial charge in [0.1, 0.15) is 18.0 Å². The van der Waals surface area contributed by atoms with Crippen LogP contribution in [0.1, 0.15) is 12.5 Å². The number of rotatable bonds is 6. The molecule has 8 nitrogen and oxygen atoms in total. The number of para-hydroxylation sites is 3. The first-order valence-electron chi connectivity index (χ1n) is 9.87. The van der Waals surface area contributed by atoms with Crippen molar-refractivity contribution in [2.24, 2.45) is 0 Å². The maximum atomic E-state index is 12.8. The summed E-state index contributed by atoms with van der Waals surface area (Å²) in [7, 11) is 1.50. The number of ether oxygens (including phenoxy) is 1. The minimum absolute atomic E-state index is 0.133. The Morgan fingerprint density at radius 1 is 1.13 bits per heavy atom. The molecule has 1 fully saturated rings. The minimum atomic E-state index is -0.634. The summed E-state index contributed by atoms with van der Waals surface area (Å²) in [5.41, 5.74) is 2.46. The molecular formula is C23H22N4O4. The van der Waals surface area contributed by atoms with Crippen LogP contribution in [0.15, 0.2) is 60.4 Å². The molecule has 0 unspecified atom stereocenters. The van der Waals surface area contributed by atoms with E-state index in [9.17, 15) is 14.4 Å². The first kappa shape index (κ1) is 20.2. The van der Waals surface area contributed by atoms with Crippen LogP contribution in [0, 0.1) is 0 Å². The Kier molecular flexibility index (Phi) is 5.44. The number of amides is 4. The van der Waals surface area contributed by atoms with E-state index in [-0.39, 0.29) is 5.70 Å². The van der Waals surface area contributed by atoms with Crippen molar-refractivity contribution in [3.05, 3.63) is 66.0 Å². The zero-order chi connectivity index (χ0) is 22.0. The molecule has 8 heteroatoms. The van der Waals surface area contributed by atoms with Crippen LogP contribution in [0.25, 0.3) is 17.0 Å². The molecule has 0 atom stereocenters. The van der Waals surface area contributed by atoms with Gasteiger partial charge in [-0.05, 0) is 31.2 Å². The fraction of sp³-hybridized carbons (Fsp3) is 0.174. The smallest absolute Gasteiger partial charge is 0.329 e. The van der Waals surface area contributed by atoms with Gasteiger partial charge in [-0.1, -0.05) is 30.3 Å². The number of imide groups is 1. The average Bonchev–Trinajstić information content (AvgIpc) is 3.26. The fourth-order valence-corrected chi connectivity index (χ4v) is 3.60. The lowest BCUT2D eigenvalue weighted by Gasteiger charge is -2.13. The van der Waals surface area contributed by atoms with Crippen LogP contribution >= 0.6 is 0 Å². The van der Waals surface area contributed by atoms with Gasteiger partial charge in [-0.15, -0.1) is 0 Å². The zero-order valence-corrected chi connectivity index (χ0v) is 17.2. The molecule has 1 aliphatic rings. The van der Waals surface area contributed by atoms with Crippen LogP contribution < -0.4 is 15.4 Å². The molecule has 158 valence electrons. The highest BCUT2D eigenvalue weighted by atomic mass is 16.5. The SMILES string of the molecule is CCn1cc(/C=C2/NC(=O)N(CC(=O)Nc3ccccc3OC)C2=O)c2ccccc21. The number of benzene rings is 2. The van der Waals surface area contributed by atoms with Crippen LogP contribution in [0.2, 0.25) is 0 Å². The molecule has 0 saturated carbocycles. The van der Waals surface area contributed by atoms with Crippen LogP contribution in [-0.2, 0) is 16.1 Å². The molecule has 2 N–H and O–H groups in total. The first-order chi connectivity index (χ1) is 15.0. The number of carbonyl (C=O) groups excluding carboxylic acids is 3. The maximum Gasteiger partial charge on any atom is 0.329 e. The number of carbonyl (C=O) groups is 3. The number of nitrogens with zero attached hydrogens (tertiary/aromatic N) is 2. The van der Waals surface area contributed by atoms with Crippen molar-refractivity contribution in [2.45, 2.75) is 13.5 Å². The Bertz CT molecular complexity index is 1210. The number of nitrogens with one attached hydrogen (secondary N) is 2. The van der Waals surface area contributed by atoms with E-state index in [1.165, 1.54) is 7.11 Å². The summed E-state index contributed by atoms with van der Waals surface area (Å²) in [5, 5.41) is 6.22. The molecule has 2 heterocycles. The molecule has 4 rings (SSSR count). The van der Waals surface area contributed by atoms with Gasteiger partial charge in [0.2, 0.25) is 5.91 Å². The van der Waals surface area contributed by atoms with E-state index in [1.807, 2.05) is 37.4 Å². The number of anilines is 1. The monoisotopic (exact) mass is 418 g/mol. The van der Waals surface area contributed by atoms with Crippen LogP contribution in [0.3, 0.4) is 0 Å². The van der Waals surface area contributed by atoms with Crippen LogP contribution in [0.5, 0.6) is 5.75 Å². The molecule has 1 aliphatic heterocycles. The van der Waals surface area contributed by atoms with Crippen LogP contribution in [0.4, 0.5) is 10.5 Å². The van der Waals surface area contributed by atoms with Gasteiger partial charge in [-0.2, -0.15) is 0 Å². The van der Waals surface area contributed by atoms with E-state index in [0.29, 0.717) is 11.4 Å². The molecule has 0 radical (unpaired) electrons. The molecule has 1 aromatic heterocycles. The Balaban J connectivity index is 1.54. The topological polar surface area (TPSA) is 92.7 Å². The van der Waals surface area contributed by atoms with Gasteiger partial charge in [-0.3, -0.25) is 9.59 Å². The normalized spacial score (nSPS) is 14.9. The van der Waals surface area contributed by atoms with Crippen molar-refractivity contribution in [2.75, 3.05) is 19.0 Å². The Morgan fingerprint density at radius 3 is 2.65 bits per heavy atom. The fourth-order valence-electron chi connectivity index (χ4n) is 3.60. The molecule has 2 aromatic carbocycles. The highest BCUT2D eigenvalue weighted by Gasteiger charge is 2.35. The Labute approximate surface area is 179 Å². The van der Waals surface area contributed by atoms with Gasteiger partial charge in [-0.25, -0.2) is 9.69 Å². The van der Waals surface area contributed by atoms with E-state index in [4.69, 9.17) is 4.74 Å². The van der Waals surface area contributed by atoms with E-state index in [2.05, 4.69) is 15.2 Å². The predicted octanol–water partition coefficient (Wildman–Crippen LogP) is 3.20. The third kappa shape index (κ3) is 3.87. The van der Waals surface area contributed by atoms with Crippen molar-refractivity contribution in [1.82, 2.24) is 14.8 Å². The van der Waals surface area contributed by atoms with Crippen LogP contribution in [-0.4, -0.2) is 41.0 Å². The van der Waals surface area contributed by atoms with Crippen molar-refractivity contribution in [3.8, 4) is 5.75 Å².